The zero-order valence-corrected chi connectivity index (χ0v) is 10.7. The minimum atomic E-state index is -1.08. The molecule has 0 radical (unpaired) electrons. The Hall–Kier alpha value is -1.75. The largest absolute Gasteiger partial charge is 0.495 e. The van der Waals surface area contributed by atoms with Crippen LogP contribution in [0.15, 0.2) is 12.1 Å². The van der Waals surface area contributed by atoms with Gasteiger partial charge in [-0.25, -0.2) is 0 Å². The predicted molar refractivity (Wildman–Crippen MR) is 66.4 cm³/mol. The second-order valence-corrected chi connectivity index (χ2v) is 4.46. The summed E-state index contributed by atoms with van der Waals surface area (Å²) in [7, 11) is 1.47. The minimum Gasteiger partial charge on any atom is -0.495 e. The van der Waals surface area contributed by atoms with E-state index in [9.17, 15) is 9.59 Å². The molecule has 6 heteroatoms. The average molecular weight is 270 g/mol. The van der Waals surface area contributed by atoms with Gasteiger partial charge in [-0.05, 0) is 19.1 Å². The van der Waals surface area contributed by atoms with Crippen LogP contribution >= 0.6 is 11.6 Å². The number of carbonyl (C=O) groups excluding carboxylic acids is 1. The van der Waals surface area contributed by atoms with E-state index in [2.05, 4.69) is 0 Å². The van der Waals surface area contributed by atoms with Gasteiger partial charge in [0.25, 0.3) is 0 Å². The number of methoxy groups -OCH3 is 1. The second kappa shape index (κ2) is 4.49. The molecule has 1 amide bonds. The number of anilines is 1. The Balaban J connectivity index is 2.61. The standard InChI is InChI=1S/C12H12ClNO4/c1-6-10-7(13)3-4-8(18-2)11(10)14(12(6)17)5-9(15)16/h3-4,6H,5H2,1-2H3,(H,15,16). The number of hydrogen-bond donors (Lipinski definition) is 1. The molecule has 0 bridgehead atoms. The molecule has 1 aliphatic heterocycles. The lowest BCUT2D eigenvalue weighted by Gasteiger charge is -2.17. The Morgan fingerprint density at radius 1 is 1.56 bits per heavy atom. The van der Waals surface area contributed by atoms with Crippen LogP contribution in [0.2, 0.25) is 5.02 Å². The molecule has 1 heterocycles. The molecule has 1 aromatic rings. The molecule has 0 aliphatic carbocycles. The number of halogens is 1. The molecule has 96 valence electrons. The van der Waals surface area contributed by atoms with Crippen LogP contribution in [0.3, 0.4) is 0 Å². The van der Waals surface area contributed by atoms with Crippen LogP contribution in [0.5, 0.6) is 5.75 Å². The fourth-order valence-electron chi connectivity index (χ4n) is 2.18. The molecule has 0 saturated heterocycles. The molecule has 1 unspecified atom stereocenters. The van der Waals surface area contributed by atoms with Crippen molar-refractivity contribution in [3.63, 3.8) is 0 Å². The van der Waals surface area contributed by atoms with Crippen molar-refractivity contribution in [1.82, 2.24) is 0 Å². The number of ether oxygens (including phenoxy) is 1. The van der Waals surface area contributed by atoms with Gasteiger partial charge in [0.1, 0.15) is 12.3 Å². The Bertz CT molecular complexity index is 529. The van der Waals surface area contributed by atoms with Gasteiger partial charge in [-0.1, -0.05) is 11.6 Å². The first-order valence-electron chi connectivity index (χ1n) is 5.37. The van der Waals surface area contributed by atoms with Crippen molar-refractivity contribution in [2.75, 3.05) is 18.6 Å². The van der Waals surface area contributed by atoms with E-state index in [1.165, 1.54) is 12.0 Å². The van der Waals surface area contributed by atoms with Crippen molar-refractivity contribution in [1.29, 1.82) is 0 Å². The highest BCUT2D eigenvalue weighted by molar-refractivity contribution is 6.33. The van der Waals surface area contributed by atoms with E-state index < -0.39 is 18.4 Å². The fraction of sp³-hybridized carbons (Fsp3) is 0.333. The number of nitrogens with zero attached hydrogens (tertiary/aromatic N) is 1. The zero-order valence-electron chi connectivity index (χ0n) is 9.94. The minimum absolute atomic E-state index is 0.279. The summed E-state index contributed by atoms with van der Waals surface area (Å²) in [6.07, 6.45) is 0. The molecule has 1 N–H and O–H groups in total. The van der Waals surface area contributed by atoms with E-state index in [-0.39, 0.29) is 5.91 Å². The third-order valence-electron chi connectivity index (χ3n) is 2.98. The topological polar surface area (TPSA) is 66.8 Å². The first-order valence-corrected chi connectivity index (χ1v) is 5.74. The highest BCUT2D eigenvalue weighted by Crippen LogP contribution is 2.46. The van der Waals surface area contributed by atoms with Gasteiger partial charge in [0.15, 0.2) is 0 Å². The highest BCUT2D eigenvalue weighted by Gasteiger charge is 2.39. The van der Waals surface area contributed by atoms with Crippen LogP contribution < -0.4 is 9.64 Å². The van der Waals surface area contributed by atoms with Crippen LogP contribution in [0, 0.1) is 0 Å². The number of rotatable bonds is 3. The lowest BCUT2D eigenvalue weighted by atomic mass is 10.0. The number of carbonyl (C=O) groups is 2. The summed E-state index contributed by atoms with van der Waals surface area (Å²) < 4.78 is 5.18. The van der Waals surface area contributed by atoms with Gasteiger partial charge in [0.05, 0.1) is 18.7 Å². The summed E-state index contributed by atoms with van der Waals surface area (Å²) in [6, 6.07) is 3.27. The maximum absolute atomic E-state index is 12.1. The van der Waals surface area contributed by atoms with Gasteiger partial charge >= 0.3 is 5.97 Å². The molecule has 0 fully saturated rings. The summed E-state index contributed by atoms with van der Waals surface area (Å²) in [6.45, 7) is 1.31. The number of amides is 1. The van der Waals surface area contributed by atoms with E-state index in [1.807, 2.05) is 0 Å². The van der Waals surface area contributed by atoms with Crippen molar-refractivity contribution in [2.24, 2.45) is 0 Å². The van der Waals surface area contributed by atoms with Crippen molar-refractivity contribution >= 4 is 29.2 Å². The Morgan fingerprint density at radius 2 is 2.22 bits per heavy atom. The lowest BCUT2D eigenvalue weighted by Crippen LogP contribution is -2.33. The molecular weight excluding hydrogens is 258 g/mol. The number of aliphatic carboxylic acids is 1. The lowest BCUT2D eigenvalue weighted by molar-refractivity contribution is -0.136. The molecule has 0 aromatic heterocycles. The van der Waals surface area contributed by atoms with E-state index in [4.69, 9.17) is 21.4 Å². The van der Waals surface area contributed by atoms with Crippen LogP contribution in [-0.4, -0.2) is 30.6 Å². The monoisotopic (exact) mass is 269 g/mol. The number of carboxylic acid groups (broad SMARTS) is 1. The highest BCUT2D eigenvalue weighted by atomic mass is 35.5. The van der Waals surface area contributed by atoms with E-state index in [0.29, 0.717) is 22.0 Å². The van der Waals surface area contributed by atoms with Gasteiger partial charge < -0.3 is 9.84 Å². The first-order chi connectivity index (χ1) is 8.47. The molecule has 0 spiro atoms. The SMILES string of the molecule is COc1ccc(Cl)c2c1N(CC(=O)O)C(=O)C2C. The maximum Gasteiger partial charge on any atom is 0.323 e. The van der Waals surface area contributed by atoms with E-state index >= 15 is 0 Å². The quantitative estimate of drug-likeness (QED) is 0.910. The number of fused-ring (bicyclic) bond motifs is 1. The molecule has 0 saturated carbocycles. The van der Waals surface area contributed by atoms with Crippen LogP contribution in [0.1, 0.15) is 18.4 Å². The zero-order chi connectivity index (χ0) is 13.4. The molecule has 18 heavy (non-hydrogen) atoms. The van der Waals surface area contributed by atoms with Gasteiger partial charge in [0.2, 0.25) is 5.91 Å². The van der Waals surface area contributed by atoms with E-state index in [0.717, 1.165) is 0 Å². The molecule has 5 nitrogen and oxygen atoms in total. The average Bonchev–Trinajstić information content (AvgIpc) is 2.56. The van der Waals surface area contributed by atoms with Gasteiger partial charge in [-0.15, -0.1) is 0 Å². The molecular formula is C12H12ClNO4. The molecule has 1 atom stereocenters. The molecule has 2 rings (SSSR count). The number of carboxylic acids is 1. The van der Waals surface area contributed by atoms with Gasteiger partial charge in [0, 0.05) is 10.6 Å². The first kappa shape index (κ1) is 12.7. The Kier molecular flexibility index (Phi) is 3.17. The second-order valence-electron chi connectivity index (χ2n) is 4.05. The summed E-state index contributed by atoms with van der Waals surface area (Å²) >= 11 is 6.08. The summed E-state index contributed by atoms with van der Waals surface area (Å²) in [5, 5.41) is 9.31. The van der Waals surface area contributed by atoms with Crippen LogP contribution in [0.4, 0.5) is 5.69 Å². The predicted octanol–water partition coefficient (Wildman–Crippen LogP) is 1.88. The van der Waals surface area contributed by atoms with Gasteiger partial charge in [-0.3, -0.25) is 14.5 Å². The third-order valence-corrected chi connectivity index (χ3v) is 3.31. The van der Waals surface area contributed by atoms with Crippen molar-refractivity contribution in [2.45, 2.75) is 12.8 Å². The smallest absolute Gasteiger partial charge is 0.323 e. The van der Waals surface area contributed by atoms with Crippen molar-refractivity contribution in [3.05, 3.63) is 22.7 Å². The number of hydrogen-bond acceptors (Lipinski definition) is 3. The van der Waals surface area contributed by atoms with Gasteiger partial charge in [-0.2, -0.15) is 0 Å². The molecule has 1 aromatic carbocycles. The van der Waals surface area contributed by atoms with Crippen molar-refractivity contribution < 1.29 is 19.4 Å². The van der Waals surface area contributed by atoms with Crippen LogP contribution in [0.25, 0.3) is 0 Å². The maximum atomic E-state index is 12.1. The Labute approximate surface area is 109 Å². The Morgan fingerprint density at radius 3 is 2.78 bits per heavy atom. The number of benzene rings is 1. The summed E-state index contributed by atoms with van der Waals surface area (Å²) in [5.74, 6) is -1.36. The van der Waals surface area contributed by atoms with Crippen molar-refractivity contribution in [3.8, 4) is 5.75 Å². The summed E-state index contributed by atoms with van der Waals surface area (Å²) in [4.78, 5) is 24.1. The molecule has 1 aliphatic rings. The van der Waals surface area contributed by atoms with Crippen LogP contribution in [-0.2, 0) is 9.59 Å². The van der Waals surface area contributed by atoms with E-state index in [1.54, 1.807) is 19.1 Å². The third kappa shape index (κ3) is 1.80. The fourth-order valence-corrected chi connectivity index (χ4v) is 2.49. The summed E-state index contributed by atoms with van der Waals surface area (Å²) in [5.41, 5.74) is 1.09. The normalized spacial score (nSPS) is 17.8.